The molecule has 146 valence electrons. The van der Waals surface area contributed by atoms with Gasteiger partial charge in [-0.05, 0) is 30.2 Å². The van der Waals surface area contributed by atoms with E-state index in [-0.39, 0.29) is 5.91 Å². The van der Waals surface area contributed by atoms with Gasteiger partial charge in [-0.1, -0.05) is 18.2 Å². The molecular formula is C22H22N6O. The Morgan fingerprint density at radius 3 is 2.52 bits per heavy atom. The highest BCUT2D eigenvalue weighted by Gasteiger charge is 2.25. The fraction of sp³-hybridized carbons (Fsp3) is 0.273. The second-order valence-corrected chi connectivity index (χ2v) is 7.29. The van der Waals surface area contributed by atoms with Gasteiger partial charge in [0.05, 0.1) is 17.4 Å². The molecule has 5 rings (SSSR count). The number of nitrogens with zero attached hydrogens (tertiary/aromatic N) is 6. The predicted octanol–water partition coefficient (Wildman–Crippen LogP) is 2.53. The van der Waals surface area contributed by atoms with E-state index in [0.29, 0.717) is 18.7 Å². The number of aromatic nitrogens is 3. The lowest BCUT2D eigenvalue weighted by Gasteiger charge is -2.34. The summed E-state index contributed by atoms with van der Waals surface area (Å²) in [5, 5.41) is 0. The third kappa shape index (κ3) is 3.40. The molecule has 2 aliphatic rings. The molecule has 0 atom stereocenters. The van der Waals surface area contributed by atoms with Crippen LogP contribution in [0, 0.1) is 0 Å². The number of anilines is 3. The molecular weight excluding hydrogens is 364 g/mol. The maximum Gasteiger partial charge on any atom is 0.255 e. The summed E-state index contributed by atoms with van der Waals surface area (Å²) in [5.74, 6) is 0.747. The molecule has 0 unspecified atom stereocenters. The summed E-state index contributed by atoms with van der Waals surface area (Å²) < 4.78 is 0. The second-order valence-electron chi connectivity index (χ2n) is 7.29. The average molecular weight is 386 g/mol. The van der Waals surface area contributed by atoms with Crippen LogP contribution in [0.15, 0.2) is 61.2 Å². The summed E-state index contributed by atoms with van der Waals surface area (Å²) in [6.45, 7) is 3.65. The third-order valence-electron chi connectivity index (χ3n) is 5.57. The van der Waals surface area contributed by atoms with E-state index in [9.17, 15) is 4.79 Å². The van der Waals surface area contributed by atoms with Gasteiger partial charge < -0.3 is 14.7 Å². The number of amides is 1. The normalized spacial score (nSPS) is 16.1. The first-order valence-electron chi connectivity index (χ1n) is 9.91. The fourth-order valence-electron chi connectivity index (χ4n) is 4.05. The van der Waals surface area contributed by atoms with Crippen molar-refractivity contribution < 1.29 is 4.79 Å². The van der Waals surface area contributed by atoms with E-state index in [1.807, 2.05) is 23.2 Å². The molecule has 1 saturated heterocycles. The molecule has 0 radical (unpaired) electrons. The van der Waals surface area contributed by atoms with Gasteiger partial charge in [0.25, 0.3) is 5.91 Å². The van der Waals surface area contributed by atoms with Crippen LogP contribution in [0.5, 0.6) is 0 Å². The van der Waals surface area contributed by atoms with Crippen LogP contribution in [0.2, 0.25) is 0 Å². The van der Waals surface area contributed by atoms with Crippen molar-refractivity contribution in [3.63, 3.8) is 0 Å². The summed E-state index contributed by atoms with van der Waals surface area (Å²) in [4.78, 5) is 32.3. The number of fused-ring (bicyclic) bond motifs is 1. The Hall–Kier alpha value is -3.48. The number of rotatable bonds is 3. The zero-order valence-corrected chi connectivity index (χ0v) is 16.1. The van der Waals surface area contributed by atoms with Gasteiger partial charge in [-0.15, -0.1) is 0 Å². The number of benzene rings is 1. The topological polar surface area (TPSA) is 65.5 Å². The molecule has 1 fully saturated rings. The van der Waals surface area contributed by atoms with E-state index in [4.69, 9.17) is 0 Å². The van der Waals surface area contributed by atoms with Crippen LogP contribution in [0.25, 0.3) is 0 Å². The maximum atomic E-state index is 13.1. The molecule has 7 nitrogen and oxygen atoms in total. The first kappa shape index (κ1) is 17.6. The van der Waals surface area contributed by atoms with Gasteiger partial charge in [0, 0.05) is 57.0 Å². The molecule has 2 aromatic heterocycles. The second kappa shape index (κ2) is 7.50. The van der Waals surface area contributed by atoms with Gasteiger partial charge in [-0.3, -0.25) is 9.78 Å². The SMILES string of the molecule is O=C(c1cncc(N2CCc3ccccc32)c1)N1CCN(c2ncccn2)CC1. The number of piperazine rings is 1. The molecule has 0 aliphatic carbocycles. The van der Waals surface area contributed by atoms with Crippen LogP contribution in [0.1, 0.15) is 15.9 Å². The summed E-state index contributed by atoms with van der Waals surface area (Å²) in [7, 11) is 0. The van der Waals surface area contributed by atoms with E-state index in [0.717, 1.165) is 37.7 Å². The van der Waals surface area contributed by atoms with Gasteiger partial charge >= 0.3 is 0 Å². The van der Waals surface area contributed by atoms with Crippen molar-refractivity contribution in [1.29, 1.82) is 0 Å². The maximum absolute atomic E-state index is 13.1. The first-order valence-corrected chi connectivity index (χ1v) is 9.91. The largest absolute Gasteiger partial charge is 0.340 e. The van der Waals surface area contributed by atoms with Crippen molar-refractivity contribution in [2.75, 3.05) is 42.5 Å². The van der Waals surface area contributed by atoms with Crippen molar-refractivity contribution >= 4 is 23.2 Å². The highest BCUT2D eigenvalue weighted by Crippen LogP contribution is 2.34. The number of pyridine rings is 1. The molecule has 1 aromatic carbocycles. The Morgan fingerprint density at radius 2 is 1.69 bits per heavy atom. The summed E-state index contributed by atoms with van der Waals surface area (Å²) >= 11 is 0. The van der Waals surface area contributed by atoms with Crippen LogP contribution in [-0.4, -0.2) is 58.5 Å². The molecule has 1 amide bonds. The van der Waals surface area contributed by atoms with Crippen LogP contribution in [0.4, 0.5) is 17.3 Å². The summed E-state index contributed by atoms with van der Waals surface area (Å²) in [6.07, 6.45) is 8.00. The number of hydrogen-bond donors (Lipinski definition) is 0. The average Bonchev–Trinajstić information content (AvgIpc) is 3.24. The molecule has 0 spiro atoms. The molecule has 7 heteroatoms. The Kier molecular flexibility index (Phi) is 4.56. The predicted molar refractivity (Wildman–Crippen MR) is 112 cm³/mol. The Morgan fingerprint density at radius 1 is 0.897 bits per heavy atom. The van der Waals surface area contributed by atoms with E-state index in [1.165, 1.54) is 11.3 Å². The van der Waals surface area contributed by atoms with Gasteiger partial charge in [0.15, 0.2) is 0 Å². The van der Waals surface area contributed by atoms with E-state index >= 15 is 0 Å². The highest BCUT2D eigenvalue weighted by atomic mass is 16.2. The minimum absolute atomic E-state index is 0.0282. The zero-order chi connectivity index (χ0) is 19.6. The van der Waals surface area contributed by atoms with Crippen LogP contribution >= 0.6 is 0 Å². The smallest absolute Gasteiger partial charge is 0.255 e. The summed E-state index contributed by atoms with van der Waals surface area (Å²) in [5.41, 5.74) is 4.15. The van der Waals surface area contributed by atoms with Gasteiger partial charge in [-0.2, -0.15) is 0 Å². The molecule has 0 saturated carbocycles. The van der Waals surface area contributed by atoms with Gasteiger partial charge in [0.1, 0.15) is 0 Å². The van der Waals surface area contributed by atoms with Crippen molar-refractivity contribution in [2.45, 2.75) is 6.42 Å². The van der Waals surface area contributed by atoms with Gasteiger partial charge in [-0.25, -0.2) is 9.97 Å². The van der Waals surface area contributed by atoms with Crippen molar-refractivity contribution in [3.05, 3.63) is 72.3 Å². The molecule has 0 N–H and O–H groups in total. The lowest BCUT2D eigenvalue weighted by Crippen LogP contribution is -2.49. The third-order valence-corrected chi connectivity index (χ3v) is 5.57. The molecule has 0 bridgehead atoms. The number of carbonyl (C=O) groups is 1. The lowest BCUT2D eigenvalue weighted by atomic mass is 10.1. The molecule has 2 aliphatic heterocycles. The van der Waals surface area contributed by atoms with Crippen molar-refractivity contribution in [3.8, 4) is 0 Å². The minimum atomic E-state index is 0.0282. The molecule has 4 heterocycles. The van der Waals surface area contributed by atoms with Crippen LogP contribution < -0.4 is 9.80 Å². The molecule has 3 aromatic rings. The lowest BCUT2D eigenvalue weighted by molar-refractivity contribution is 0.0746. The van der Waals surface area contributed by atoms with Crippen LogP contribution in [-0.2, 0) is 6.42 Å². The minimum Gasteiger partial charge on any atom is -0.340 e. The Labute approximate surface area is 169 Å². The zero-order valence-electron chi connectivity index (χ0n) is 16.1. The molecule has 29 heavy (non-hydrogen) atoms. The fourth-order valence-corrected chi connectivity index (χ4v) is 4.05. The monoisotopic (exact) mass is 386 g/mol. The summed E-state index contributed by atoms with van der Waals surface area (Å²) in [6, 6.07) is 12.2. The van der Waals surface area contributed by atoms with Gasteiger partial charge in [0.2, 0.25) is 5.95 Å². The Balaban J connectivity index is 1.30. The number of carbonyl (C=O) groups excluding carboxylic acids is 1. The quantitative estimate of drug-likeness (QED) is 0.689. The Bertz CT molecular complexity index is 1020. The van der Waals surface area contributed by atoms with Crippen molar-refractivity contribution in [1.82, 2.24) is 19.9 Å². The van der Waals surface area contributed by atoms with Crippen LogP contribution in [0.3, 0.4) is 0 Å². The van der Waals surface area contributed by atoms with Crippen molar-refractivity contribution in [2.24, 2.45) is 0 Å². The van der Waals surface area contributed by atoms with E-state index < -0.39 is 0 Å². The first-order chi connectivity index (χ1) is 14.3. The number of para-hydroxylation sites is 1. The van der Waals surface area contributed by atoms with E-state index in [1.54, 1.807) is 18.6 Å². The highest BCUT2D eigenvalue weighted by molar-refractivity contribution is 5.95. The van der Waals surface area contributed by atoms with E-state index in [2.05, 4.69) is 49.0 Å². The number of hydrogen-bond acceptors (Lipinski definition) is 6. The standard InChI is InChI=1S/C22H22N6O/c29-21(26-10-12-27(13-11-26)22-24-7-3-8-25-22)18-14-19(16-23-15-18)28-9-6-17-4-1-2-5-20(17)28/h1-5,7-8,14-16H,6,9-13H2.